The number of aromatic nitrogens is 1. The molecule has 1 aromatic heterocycles. The molecule has 0 aliphatic heterocycles. The van der Waals surface area contributed by atoms with Gasteiger partial charge in [0.15, 0.2) is 0 Å². The van der Waals surface area contributed by atoms with Crippen LogP contribution in [-0.4, -0.2) is 12.1 Å². The number of methoxy groups -OCH3 is 1. The predicted molar refractivity (Wildman–Crippen MR) is 65.1 cm³/mol. The van der Waals surface area contributed by atoms with E-state index in [0.29, 0.717) is 5.69 Å². The molecule has 0 bridgehead atoms. The number of hydrogen-bond acceptors (Lipinski definition) is 3. The number of hydrogen-bond donors (Lipinski definition) is 1. The quantitative estimate of drug-likeness (QED) is 0.864. The highest BCUT2D eigenvalue weighted by molar-refractivity contribution is 9.10. The van der Waals surface area contributed by atoms with Crippen LogP contribution < -0.4 is 10.5 Å². The summed E-state index contributed by atoms with van der Waals surface area (Å²) < 4.78 is 6.09. The number of nitrogens with zero attached hydrogens (tertiary/aromatic N) is 1. The zero-order chi connectivity index (χ0) is 11.0. The fourth-order valence-corrected chi connectivity index (χ4v) is 1.85. The summed E-state index contributed by atoms with van der Waals surface area (Å²) in [5, 5.41) is 0.909. The maximum absolute atomic E-state index is 6.00. The lowest BCUT2D eigenvalue weighted by Gasteiger charge is -2.09. The molecule has 0 radical (unpaired) electrons. The Hall–Kier alpha value is -1.29. The van der Waals surface area contributed by atoms with Gasteiger partial charge in [0.05, 0.1) is 23.0 Å². The van der Waals surface area contributed by atoms with E-state index in [9.17, 15) is 0 Å². The second-order valence-corrected chi connectivity index (χ2v) is 4.07. The van der Waals surface area contributed by atoms with Crippen molar-refractivity contribution in [3.8, 4) is 5.75 Å². The van der Waals surface area contributed by atoms with Gasteiger partial charge in [-0.2, -0.15) is 0 Å². The molecular formula is C11H11BrN2O. The van der Waals surface area contributed by atoms with E-state index in [1.807, 2.05) is 25.1 Å². The second kappa shape index (κ2) is 3.70. The molecule has 0 aliphatic rings. The number of nitrogen functional groups attached to an aromatic ring is 1. The van der Waals surface area contributed by atoms with Gasteiger partial charge in [-0.15, -0.1) is 0 Å². The van der Waals surface area contributed by atoms with Gasteiger partial charge in [0.2, 0.25) is 0 Å². The van der Waals surface area contributed by atoms with E-state index < -0.39 is 0 Å². The van der Waals surface area contributed by atoms with Crippen LogP contribution in [0.3, 0.4) is 0 Å². The molecule has 4 heteroatoms. The van der Waals surface area contributed by atoms with Gasteiger partial charge in [-0.05, 0) is 28.9 Å². The van der Waals surface area contributed by atoms with Crippen molar-refractivity contribution in [1.82, 2.24) is 4.98 Å². The third kappa shape index (κ3) is 1.55. The fraction of sp³-hybridized carbons (Fsp3) is 0.182. The zero-order valence-electron chi connectivity index (χ0n) is 8.54. The van der Waals surface area contributed by atoms with Gasteiger partial charge in [0.1, 0.15) is 11.3 Å². The number of rotatable bonds is 1. The number of nitrogens with two attached hydrogens (primary N) is 1. The van der Waals surface area contributed by atoms with E-state index in [1.165, 1.54) is 0 Å². The van der Waals surface area contributed by atoms with Gasteiger partial charge in [-0.3, -0.25) is 0 Å². The molecule has 15 heavy (non-hydrogen) atoms. The summed E-state index contributed by atoms with van der Waals surface area (Å²) in [5.74, 6) is 0.745. The van der Waals surface area contributed by atoms with Crippen LogP contribution in [0, 0.1) is 6.92 Å². The number of aryl methyl sites for hydroxylation is 1. The molecule has 0 spiro atoms. The minimum Gasteiger partial charge on any atom is -0.494 e. The third-order valence-electron chi connectivity index (χ3n) is 2.34. The van der Waals surface area contributed by atoms with Gasteiger partial charge >= 0.3 is 0 Å². The van der Waals surface area contributed by atoms with Crippen LogP contribution >= 0.6 is 15.9 Å². The highest BCUT2D eigenvalue weighted by Gasteiger charge is 2.10. The Morgan fingerprint density at radius 2 is 2.13 bits per heavy atom. The first-order valence-electron chi connectivity index (χ1n) is 4.53. The van der Waals surface area contributed by atoms with E-state index >= 15 is 0 Å². The topological polar surface area (TPSA) is 48.1 Å². The van der Waals surface area contributed by atoms with E-state index in [1.54, 1.807) is 7.11 Å². The van der Waals surface area contributed by atoms with Gasteiger partial charge in [-0.1, -0.05) is 12.1 Å². The molecule has 2 aromatic rings. The van der Waals surface area contributed by atoms with Crippen molar-refractivity contribution >= 4 is 32.5 Å². The highest BCUT2D eigenvalue weighted by atomic mass is 79.9. The number of pyridine rings is 1. The van der Waals surface area contributed by atoms with Crippen LogP contribution in [0.4, 0.5) is 5.69 Å². The summed E-state index contributed by atoms with van der Waals surface area (Å²) in [6.07, 6.45) is 0. The molecule has 0 saturated heterocycles. The molecule has 0 fully saturated rings. The smallest absolute Gasteiger partial charge is 0.145 e. The number of para-hydroxylation sites is 1. The van der Waals surface area contributed by atoms with Crippen molar-refractivity contribution < 1.29 is 4.74 Å². The van der Waals surface area contributed by atoms with Crippen LogP contribution in [0.5, 0.6) is 5.75 Å². The zero-order valence-corrected chi connectivity index (χ0v) is 10.1. The monoisotopic (exact) mass is 266 g/mol. The number of fused-ring (bicyclic) bond motifs is 1. The maximum Gasteiger partial charge on any atom is 0.145 e. The Morgan fingerprint density at radius 3 is 2.80 bits per heavy atom. The molecule has 2 N–H and O–H groups in total. The molecule has 3 nitrogen and oxygen atoms in total. The molecule has 0 saturated carbocycles. The van der Waals surface area contributed by atoms with E-state index in [-0.39, 0.29) is 0 Å². The Balaban J connectivity index is 2.91. The van der Waals surface area contributed by atoms with Crippen molar-refractivity contribution in [2.75, 3.05) is 12.8 Å². The Morgan fingerprint density at radius 1 is 1.40 bits per heavy atom. The SMILES string of the molecule is COc1cccc2c(N)c(Br)c(C)nc12. The average Bonchev–Trinajstić information content (AvgIpc) is 2.25. The van der Waals surface area contributed by atoms with Crippen LogP contribution in [0.15, 0.2) is 22.7 Å². The van der Waals surface area contributed by atoms with E-state index in [2.05, 4.69) is 20.9 Å². The lowest BCUT2D eigenvalue weighted by Crippen LogP contribution is -1.96. The van der Waals surface area contributed by atoms with Gasteiger partial charge in [-0.25, -0.2) is 4.98 Å². The van der Waals surface area contributed by atoms with Crippen LogP contribution in [0.25, 0.3) is 10.9 Å². The summed E-state index contributed by atoms with van der Waals surface area (Å²) in [7, 11) is 1.63. The molecule has 1 heterocycles. The van der Waals surface area contributed by atoms with Crippen LogP contribution in [-0.2, 0) is 0 Å². The standard InChI is InChI=1S/C11H11BrN2O/c1-6-9(12)10(13)7-4-3-5-8(15-2)11(7)14-6/h3-5H,1-2H3,(H2,13,14). The summed E-state index contributed by atoms with van der Waals surface area (Å²) in [6.45, 7) is 1.91. The predicted octanol–water partition coefficient (Wildman–Crippen LogP) is 2.90. The first-order valence-corrected chi connectivity index (χ1v) is 5.32. The van der Waals surface area contributed by atoms with Crippen molar-refractivity contribution in [3.05, 3.63) is 28.4 Å². The number of halogens is 1. The molecule has 2 rings (SSSR count). The van der Waals surface area contributed by atoms with Crippen molar-refractivity contribution in [1.29, 1.82) is 0 Å². The average molecular weight is 267 g/mol. The van der Waals surface area contributed by atoms with Crippen molar-refractivity contribution in [3.63, 3.8) is 0 Å². The summed E-state index contributed by atoms with van der Waals surface area (Å²) in [6, 6.07) is 5.72. The summed E-state index contributed by atoms with van der Waals surface area (Å²) >= 11 is 3.42. The minimum atomic E-state index is 0.705. The molecule has 0 amide bonds. The molecular weight excluding hydrogens is 256 g/mol. The van der Waals surface area contributed by atoms with E-state index in [0.717, 1.165) is 26.8 Å². The third-order valence-corrected chi connectivity index (χ3v) is 3.34. The van der Waals surface area contributed by atoms with Crippen LogP contribution in [0.1, 0.15) is 5.69 Å². The minimum absolute atomic E-state index is 0.705. The Kier molecular flexibility index (Phi) is 2.52. The molecule has 0 aliphatic carbocycles. The lowest BCUT2D eigenvalue weighted by molar-refractivity contribution is 0.419. The normalized spacial score (nSPS) is 10.6. The molecule has 0 atom stereocenters. The van der Waals surface area contributed by atoms with Gasteiger partial charge in [0.25, 0.3) is 0 Å². The maximum atomic E-state index is 6.00. The van der Waals surface area contributed by atoms with Gasteiger partial charge in [0, 0.05) is 5.39 Å². The van der Waals surface area contributed by atoms with E-state index in [4.69, 9.17) is 10.5 Å². The van der Waals surface area contributed by atoms with Crippen LogP contribution in [0.2, 0.25) is 0 Å². The van der Waals surface area contributed by atoms with Gasteiger partial charge < -0.3 is 10.5 Å². The first-order chi connectivity index (χ1) is 7.15. The first kappa shape index (κ1) is 10.2. The fourth-order valence-electron chi connectivity index (χ4n) is 1.55. The van der Waals surface area contributed by atoms with Crippen molar-refractivity contribution in [2.45, 2.75) is 6.92 Å². The Labute approximate surface area is 96.4 Å². The number of benzene rings is 1. The lowest BCUT2D eigenvalue weighted by atomic mass is 10.1. The summed E-state index contributed by atoms with van der Waals surface area (Å²) in [5.41, 5.74) is 8.37. The second-order valence-electron chi connectivity index (χ2n) is 3.28. The summed E-state index contributed by atoms with van der Waals surface area (Å²) in [4.78, 5) is 4.45. The van der Waals surface area contributed by atoms with Crippen molar-refractivity contribution in [2.24, 2.45) is 0 Å². The Bertz CT molecular complexity index is 525. The number of anilines is 1. The molecule has 0 unspecified atom stereocenters. The molecule has 78 valence electrons. The molecule has 1 aromatic carbocycles. The largest absolute Gasteiger partial charge is 0.494 e. The highest BCUT2D eigenvalue weighted by Crippen LogP contribution is 2.33. The number of ether oxygens (including phenoxy) is 1.